The summed E-state index contributed by atoms with van der Waals surface area (Å²) in [5.74, 6) is -3.95. The molecule has 695 valence electrons. The molecule has 0 aliphatic carbocycles. The van der Waals surface area contributed by atoms with Crippen molar-refractivity contribution in [2.75, 3.05) is 27.8 Å². The average molecular weight is 1840 g/mol. The molecule has 7 N–H and O–H groups in total. The van der Waals surface area contributed by atoms with E-state index in [4.69, 9.17) is 56.7 Å². The van der Waals surface area contributed by atoms with Gasteiger partial charge in [-0.3, -0.25) is 43.6 Å². The van der Waals surface area contributed by atoms with E-state index in [0.29, 0.717) is 49.8 Å². The number of fused-ring (bicyclic) bond motifs is 5. The van der Waals surface area contributed by atoms with Gasteiger partial charge in [-0.2, -0.15) is 0 Å². The van der Waals surface area contributed by atoms with Crippen molar-refractivity contribution in [1.29, 1.82) is 0 Å². The number of carbonyl (C=O) groups excluding carboxylic acids is 9. The zero-order chi connectivity index (χ0) is 93.7. The van der Waals surface area contributed by atoms with E-state index >= 15 is 0 Å². The fourth-order valence-corrected chi connectivity index (χ4v) is 14.5. The fraction of sp³-hybridized carbons (Fsp3) is 0.430. The van der Waals surface area contributed by atoms with Gasteiger partial charge in [0.2, 0.25) is 11.8 Å². The molecule has 7 aromatic rings. The van der Waals surface area contributed by atoms with Gasteiger partial charge in [0.25, 0.3) is 0 Å². The molecular weight excluding hydrogens is 1720 g/mol. The Labute approximate surface area is 800 Å². The topological polar surface area (TPSA) is 437 Å². The molecule has 0 aromatic heterocycles. The van der Waals surface area contributed by atoms with Crippen LogP contribution in [0.1, 0.15) is 212 Å². The fourth-order valence-electron chi connectivity index (χ4n) is 14.2. The minimum atomic E-state index is -1.14. The monoisotopic (exact) mass is 1840 g/mol. The molecule has 7 aromatic carbocycles. The summed E-state index contributed by atoms with van der Waals surface area (Å²) in [5, 5.41) is 28.4. The van der Waals surface area contributed by atoms with Crippen LogP contribution in [-0.4, -0.2) is 184 Å². The summed E-state index contributed by atoms with van der Waals surface area (Å²) in [6.45, 7) is 25.6. The SMILES string of the molecule is CC(C)(C)OC(=O)N1Cc2ccccc2C1CC(=O)N[C@H](Cc1ccc(Cl)cc1)C(=O)O.CC(C)(C)OC(=O)N1Cc2ccccc2C1CC(=O)O.COC(=O)CC1NCc2ccccc21.COC(=O)CC1c2ccccc2CN1C(=O)OC(C)(C)C.COC(=O)[C@@H](Cc1ccc(Cl)cc1)NC(=O)CC1c2ccccc2CN1C(=O)OC(C)(C)C.C[B]OOCB=O.[Li+].[Li+].[OH-].[OH-]. The Bertz CT molecular complexity index is 4960. The first-order chi connectivity index (χ1) is 59.9. The molecule has 0 saturated carbocycles. The van der Waals surface area contributed by atoms with Crippen LogP contribution in [0, 0.1) is 0 Å². The Kier molecular flexibility index (Phi) is 47.1. The smallest absolute Gasteiger partial charge is 0.870 e. The third kappa shape index (κ3) is 36.8. The summed E-state index contributed by atoms with van der Waals surface area (Å²) < 4.78 is 45.6. The first-order valence-electron chi connectivity index (χ1n) is 41.3. The zero-order valence-electron chi connectivity index (χ0n) is 77.5. The van der Waals surface area contributed by atoms with Crippen LogP contribution in [0.3, 0.4) is 0 Å². The van der Waals surface area contributed by atoms with Crippen molar-refractivity contribution >= 4 is 104 Å². The number of carboxylic acids is 2. The number of esters is 3. The van der Waals surface area contributed by atoms with Gasteiger partial charge in [0.1, 0.15) is 34.5 Å². The van der Waals surface area contributed by atoms with Crippen LogP contribution < -0.4 is 53.7 Å². The zero-order valence-corrected chi connectivity index (χ0v) is 79.0. The minimum absolute atomic E-state index is 0. The standard InChI is InChI=1S/C25H29ClN2O5.C24H27ClN2O5.C16H21NO4.C15H19NO4.C11H13NO2.C2H5B2O3.2Li.2H2O/c1-25(2,3)33-24(31)28-15-17-7-5-6-8-19(17)21(28)14-22(29)27-20(23(30)32-4)13-16-9-11-18(26)12-10-16;1-24(2,3)32-23(31)27-14-16-6-4-5-7-18(16)20(27)13-21(28)26-19(22(29)30)12-15-8-10-17(25)11-9-15;1-16(2,3)21-15(19)17-10-11-7-5-6-8-12(11)13(17)9-14(18)20-4;1-15(2,3)20-14(19)16-9-10-6-4-5-7-11(10)12(16)8-13(17)18;1-14-11(13)6-10-9-5-3-2-4-8(9)7-12-10;1-3-7-6-2-4-5;;;;/h5-12,20-21H,13-15H2,1-4H3,(H,27,29);4-11,19-20H,12-14H2,1-3H3,(H,26,28)(H,29,30);5-8,13H,9-10H2,1-4H3;4-7,12H,8-9H2,1-3H3,(H,17,18);2-5,10,12H,6-7H2,1H3;2H2,1H3;;;2*1H2/q;;;;;;2*+1;;/p-2/t20-,21?;19-,20?;;;;;;;;/m11......../s1. The second-order valence-electron chi connectivity index (χ2n) is 34.0. The maximum atomic E-state index is 13.0. The maximum absolute atomic E-state index is 13.0. The minimum Gasteiger partial charge on any atom is -0.870 e. The van der Waals surface area contributed by atoms with E-state index in [9.17, 15) is 62.6 Å². The molecule has 6 amide bonds. The summed E-state index contributed by atoms with van der Waals surface area (Å²) in [5.41, 5.74) is 9.11. The Morgan fingerprint density at radius 3 is 1.05 bits per heavy atom. The number of methoxy groups -OCH3 is 3. The number of rotatable bonds is 22. The summed E-state index contributed by atoms with van der Waals surface area (Å²) >= 11 is 11.8. The summed E-state index contributed by atoms with van der Waals surface area (Å²) in [6.07, 6.45) is -1.15. The van der Waals surface area contributed by atoms with Crippen molar-refractivity contribution in [3.05, 3.63) is 247 Å². The van der Waals surface area contributed by atoms with Crippen molar-refractivity contribution in [2.24, 2.45) is 0 Å². The summed E-state index contributed by atoms with van der Waals surface area (Å²) in [6, 6.07) is 48.7. The van der Waals surface area contributed by atoms with Gasteiger partial charge >= 0.3 is 134 Å². The summed E-state index contributed by atoms with van der Waals surface area (Å²) in [4.78, 5) is 149. The predicted molar refractivity (Wildman–Crippen MR) is 477 cm³/mol. The molecular formula is C93H116B2Cl2Li2N7O25. The van der Waals surface area contributed by atoms with E-state index in [1.54, 1.807) is 127 Å². The van der Waals surface area contributed by atoms with Crippen molar-refractivity contribution in [3.63, 3.8) is 0 Å². The van der Waals surface area contributed by atoms with Crippen molar-refractivity contribution in [3.8, 4) is 0 Å². The van der Waals surface area contributed by atoms with Crippen LogP contribution in [-0.2, 0) is 127 Å². The van der Waals surface area contributed by atoms with Crippen LogP contribution >= 0.6 is 23.2 Å². The maximum Gasteiger partial charge on any atom is 1.00 e. The molecule has 0 bridgehead atoms. The Balaban J connectivity index is 0.000000421. The van der Waals surface area contributed by atoms with Crippen molar-refractivity contribution < 1.29 is 159 Å². The first kappa shape index (κ1) is 115. The molecule has 131 heavy (non-hydrogen) atoms. The third-order valence-corrected chi connectivity index (χ3v) is 20.3. The molecule has 38 heteroatoms. The second kappa shape index (κ2) is 53.8. The quantitative estimate of drug-likeness (QED) is 0.0105. The molecule has 5 heterocycles. The predicted octanol–water partition coefficient (Wildman–Crippen LogP) is 9.41. The van der Waals surface area contributed by atoms with E-state index < -0.39 is 101 Å². The van der Waals surface area contributed by atoms with Crippen LogP contribution in [0.15, 0.2) is 170 Å². The molecule has 32 nitrogen and oxygen atoms in total. The molecule has 5 unspecified atom stereocenters. The van der Waals surface area contributed by atoms with Gasteiger partial charge in [0.15, 0.2) is 0 Å². The van der Waals surface area contributed by atoms with Crippen LogP contribution in [0.5, 0.6) is 0 Å². The van der Waals surface area contributed by atoms with E-state index in [-0.39, 0.29) is 124 Å². The molecule has 7 atom stereocenters. The number of hydrogen-bond donors (Lipinski definition) is 5. The molecule has 5 aliphatic heterocycles. The number of carboxylic acid groups (broad SMARTS) is 2. The van der Waals surface area contributed by atoms with E-state index in [2.05, 4.69) is 42.5 Å². The van der Waals surface area contributed by atoms with E-state index in [1.165, 1.54) is 49.7 Å². The van der Waals surface area contributed by atoms with Crippen LogP contribution in [0.25, 0.3) is 0 Å². The van der Waals surface area contributed by atoms with E-state index in [0.717, 1.165) is 62.2 Å². The average Bonchev–Trinajstić information content (AvgIpc) is 1.65. The molecule has 0 fully saturated rings. The molecule has 0 saturated heterocycles. The first-order valence-corrected chi connectivity index (χ1v) is 42.0. The largest absolute Gasteiger partial charge is 1.00 e. The third-order valence-electron chi connectivity index (χ3n) is 19.8. The number of ether oxygens (including phenoxy) is 7. The van der Waals surface area contributed by atoms with Crippen molar-refractivity contribution in [1.82, 2.24) is 35.6 Å². The van der Waals surface area contributed by atoms with Gasteiger partial charge in [0, 0.05) is 61.7 Å². The number of amides is 6. The summed E-state index contributed by atoms with van der Waals surface area (Å²) in [7, 11) is 6.01. The van der Waals surface area contributed by atoms with Gasteiger partial charge in [-0.05, 0) is 174 Å². The van der Waals surface area contributed by atoms with E-state index in [1.807, 2.05) is 130 Å². The number of aliphatic carboxylic acids is 2. The van der Waals surface area contributed by atoms with Crippen LogP contribution in [0.4, 0.5) is 19.2 Å². The normalized spacial score (nSPS) is 15.9. The van der Waals surface area contributed by atoms with Crippen LogP contribution in [0.2, 0.25) is 16.9 Å². The Hall–Kier alpha value is -10.6. The Morgan fingerprint density at radius 1 is 0.427 bits per heavy atom. The number of benzene rings is 7. The molecule has 0 spiro atoms. The van der Waals surface area contributed by atoms with Gasteiger partial charge in [0.05, 0.1) is 77.6 Å². The molecule has 5 aliphatic rings. The second-order valence-corrected chi connectivity index (χ2v) is 34.9. The van der Waals surface area contributed by atoms with Gasteiger partial charge in [-0.1, -0.05) is 169 Å². The van der Waals surface area contributed by atoms with Gasteiger partial charge in [-0.15, -0.1) is 0 Å². The molecule has 1 radical (unpaired) electrons. The number of nitrogens with zero attached hydrogens (tertiary/aromatic N) is 4. The molecule has 12 rings (SSSR count). The van der Waals surface area contributed by atoms with Gasteiger partial charge in [-0.25, -0.2) is 28.8 Å². The number of nitrogens with one attached hydrogen (secondary N) is 3. The number of carbonyl (C=O) groups is 11. The van der Waals surface area contributed by atoms with Crippen molar-refractivity contribution in [2.45, 2.75) is 232 Å². The Morgan fingerprint density at radius 2 is 0.733 bits per heavy atom. The number of hydrogen-bond acceptors (Lipinski definition) is 24. The van der Waals surface area contributed by atoms with Gasteiger partial charge < -0.3 is 70.3 Å². The number of halogens is 2.